The number of aldehydes is 1. The molecule has 0 radical (unpaired) electrons. The molecule has 1 fully saturated rings. The second-order valence-corrected chi connectivity index (χ2v) is 9.57. The molecule has 6 nitrogen and oxygen atoms in total. The number of carbonyl (C=O) groups excluding carboxylic acids is 2. The summed E-state index contributed by atoms with van der Waals surface area (Å²) in [7, 11) is 0. The maximum atomic E-state index is 14.7. The molecule has 0 aliphatic heterocycles. The van der Waals surface area contributed by atoms with Crippen LogP contribution in [-0.2, 0) is 10.2 Å². The van der Waals surface area contributed by atoms with Gasteiger partial charge in [0, 0.05) is 17.2 Å². The molecule has 0 bridgehead atoms. The number of hydrogen-bond donors (Lipinski definition) is 3. The second kappa shape index (κ2) is 9.74. The molecule has 0 aromatic heterocycles. The molecule has 1 saturated carbocycles. The van der Waals surface area contributed by atoms with Gasteiger partial charge in [0.25, 0.3) is 5.91 Å². The average Bonchev–Trinajstić information content (AvgIpc) is 3.65. The Morgan fingerprint density at radius 2 is 1.89 bits per heavy atom. The van der Waals surface area contributed by atoms with Crippen molar-refractivity contribution in [3.05, 3.63) is 80.8 Å². The number of nitrogens with one attached hydrogen (secondary N) is 2. The van der Waals surface area contributed by atoms with Gasteiger partial charge >= 0.3 is 12.1 Å². The maximum Gasteiger partial charge on any atom is 0.398 e. The number of benzene rings is 2. The Bertz CT molecular complexity index is 1350. The molecule has 2 aromatic rings. The van der Waals surface area contributed by atoms with E-state index in [1.54, 1.807) is 0 Å². The van der Waals surface area contributed by atoms with E-state index in [1.807, 2.05) is 0 Å². The Balaban J connectivity index is 1.74. The smallest absolute Gasteiger partial charge is 0.398 e. The third-order valence-corrected chi connectivity index (χ3v) is 7.20. The third kappa shape index (κ3) is 4.90. The van der Waals surface area contributed by atoms with E-state index in [-0.39, 0.29) is 69.9 Å². The van der Waals surface area contributed by atoms with Crippen LogP contribution < -0.4 is 5.32 Å². The Hall–Kier alpha value is -3.53. The van der Waals surface area contributed by atoms with Gasteiger partial charge in [-0.2, -0.15) is 13.2 Å². The molecule has 0 spiro atoms. The lowest BCUT2D eigenvalue weighted by Gasteiger charge is -2.27. The highest BCUT2D eigenvalue weighted by Crippen LogP contribution is 2.60. The Kier molecular flexibility index (Phi) is 6.98. The number of carboxylic acid groups (broad SMARTS) is 1. The normalized spacial score (nSPS) is 18.8. The van der Waals surface area contributed by atoms with E-state index in [2.05, 4.69) is 5.32 Å². The SMILES string of the molecule is N=C(C1=C(NC(=O)c2c(Cl)cccc2C2(C(F)(F)F)CC2)CC(C=O)CC1)c1ccc(C(=O)O)cc1F. The third-order valence-electron chi connectivity index (χ3n) is 6.89. The number of carbonyl (C=O) groups is 3. The van der Waals surface area contributed by atoms with Gasteiger partial charge < -0.3 is 15.2 Å². The summed E-state index contributed by atoms with van der Waals surface area (Å²) in [4.78, 5) is 35.9. The van der Waals surface area contributed by atoms with Crippen molar-refractivity contribution in [1.29, 1.82) is 5.41 Å². The van der Waals surface area contributed by atoms with E-state index in [0.29, 0.717) is 12.7 Å². The summed E-state index contributed by atoms with van der Waals surface area (Å²) in [6, 6.07) is 6.89. The zero-order valence-corrected chi connectivity index (χ0v) is 20.0. The first-order valence-corrected chi connectivity index (χ1v) is 11.7. The summed E-state index contributed by atoms with van der Waals surface area (Å²) in [5, 5.41) is 20.0. The van der Waals surface area contributed by atoms with E-state index >= 15 is 0 Å². The molecule has 1 amide bonds. The lowest BCUT2D eigenvalue weighted by atomic mass is 9.83. The van der Waals surface area contributed by atoms with Crippen molar-refractivity contribution in [2.75, 3.05) is 0 Å². The van der Waals surface area contributed by atoms with Gasteiger partial charge in [0.15, 0.2) is 0 Å². The van der Waals surface area contributed by atoms with Crippen LogP contribution in [0.3, 0.4) is 0 Å². The first kappa shape index (κ1) is 26.5. The van der Waals surface area contributed by atoms with Crippen molar-refractivity contribution < 1.29 is 37.1 Å². The van der Waals surface area contributed by atoms with Gasteiger partial charge in [-0.3, -0.25) is 10.2 Å². The summed E-state index contributed by atoms with van der Waals surface area (Å²) in [6.07, 6.45) is -3.89. The molecule has 1 atom stereocenters. The van der Waals surface area contributed by atoms with Gasteiger partial charge in [-0.05, 0) is 67.5 Å². The highest BCUT2D eigenvalue weighted by atomic mass is 35.5. The summed E-state index contributed by atoms with van der Waals surface area (Å²) < 4.78 is 56.3. The van der Waals surface area contributed by atoms with Crippen LogP contribution in [0.4, 0.5) is 17.6 Å². The highest BCUT2D eigenvalue weighted by Gasteiger charge is 2.65. The molecule has 11 heteroatoms. The molecule has 0 heterocycles. The second-order valence-electron chi connectivity index (χ2n) is 9.17. The molecule has 1 unspecified atom stereocenters. The van der Waals surface area contributed by atoms with Gasteiger partial charge in [-0.25, -0.2) is 9.18 Å². The fourth-order valence-corrected chi connectivity index (χ4v) is 4.94. The van der Waals surface area contributed by atoms with Crippen LogP contribution in [0.25, 0.3) is 0 Å². The summed E-state index contributed by atoms with van der Waals surface area (Å²) >= 11 is 6.20. The van der Waals surface area contributed by atoms with Crippen molar-refractivity contribution in [3.63, 3.8) is 0 Å². The Morgan fingerprint density at radius 3 is 2.46 bits per heavy atom. The van der Waals surface area contributed by atoms with Gasteiger partial charge in [0.2, 0.25) is 0 Å². The van der Waals surface area contributed by atoms with Crippen LogP contribution in [0, 0.1) is 17.1 Å². The van der Waals surface area contributed by atoms with Crippen LogP contribution in [0.2, 0.25) is 5.02 Å². The van der Waals surface area contributed by atoms with Gasteiger partial charge in [-0.1, -0.05) is 23.7 Å². The molecule has 194 valence electrons. The van der Waals surface area contributed by atoms with Gasteiger partial charge in [0.1, 0.15) is 12.1 Å². The van der Waals surface area contributed by atoms with Crippen molar-refractivity contribution >= 4 is 35.5 Å². The molecule has 0 saturated heterocycles. The number of aromatic carboxylic acids is 1. The minimum absolute atomic E-state index is 0.0218. The summed E-state index contributed by atoms with van der Waals surface area (Å²) in [6.45, 7) is 0. The highest BCUT2D eigenvalue weighted by molar-refractivity contribution is 6.34. The number of rotatable bonds is 7. The lowest BCUT2D eigenvalue weighted by molar-refractivity contribution is -0.160. The standard InChI is InChI=1S/C26H21ClF4N2O4/c27-18-3-1-2-17(25(8-9-25)26(29,30)31)21(18)23(35)33-20-10-13(12-34)4-6-16(20)22(32)15-7-5-14(24(36)37)11-19(15)28/h1-3,5,7,11-13,32H,4,6,8-10H2,(H,33,35)(H,36,37). The zero-order valence-electron chi connectivity index (χ0n) is 19.2. The van der Waals surface area contributed by atoms with Crippen molar-refractivity contribution in [2.45, 2.75) is 43.7 Å². The molecule has 4 rings (SSSR count). The van der Waals surface area contributed by atoms with Crippen molar-refractivity contribution in [3.8, 4) is 0 Å². The number of halogens is 5. The zero-order chi connectivity index (χ0) is 27.1. The first-order valence-electron chi connectivity index (χ1n) is 11.4. The number of carboxylic acids is 1. The van der Waals surface area contributed by atoms with Crippen LogP contribution in [0.1, 0.15) is 63.9 Å². The molecule has 2 aliphatic carbocycles. The molecule has 3 N–H and O–H groups in total. The fraction of sp³-hybridized carbons (Fsp3) is 0.308. The monoisotopic (exact) mass is 536 g/mol. The average molecular weight is 537 g/mol. The summed E-state index contributed by atoms with van der Waals surface area (Å²) in [5.74, 6) is -3.76. The van der Waals surface area contributed by atoms with E-state index < -0.39 is 35.2 Å². The number of hydrogen-bond acceptors (Lipinski definition) is 4. The maximum absolute atomic E-state index is 14.7. The van der Waals surface area contributed by atoms with E-state index in [0.717, 1.165) is 18.2 Å². The van der Waals surface area contributed by atoms with Crippen LogP contribution >= 0.6 is 11.6 Å². The topological polar surface area (TPSA) is 107 Å². The van der Waals surface area contributed by atoms with Crippen molar-refractivity contribution in [1.82, 2.24) is 5.32 Å². The van der Waals surface area contributed by atoms with E-state index in [4.69, 9.17) is 22.1 Å². The van der Waals surface area contributed by atoms with Crippen LogP contribution in [0.15, 0.2) is 47.7 Å². The van der Waals surface area contributed by atoms with E-state index in [1.165, 1.54) is 18.2 Å². The minimum Gasteiger partial charge on any atom is -0.478 e. The molecular formula is C26H21ClF4N2O4. The summed E-state index contributed by atoms with van der Waals surface area (Å²) in [5.41, 5.74) is -3.34. The number of amides is 1. The molecular weight excluding hydrogens is 516 g/mol. The Morgan fingerprint density at radius 1 is 1.19 bits per heavy atom. The van der Waals surface area contributed by atoms with Crippen LogP contribution in [0.5, 0.6) is 0 Å². The largest absolute Gasteiger partial charge is 0.478 e. The Labute approximate surface area is 213 Å². The molecule has 37 heavy (non-hydrogen) atoms. The molecule has 2 aliphatic rings. The predicted octanol–water partition coefficient (Wildman–Crippen LogP) is 5.82. The lowest BCUT2D eigenvalue weighted by Crippen LogP contribution is -2.34. The van der Waals surface area contributed by atoms with Crippen molar-refractivity contribution in [2.24, 2.45) is 5.92 Å². The van der Waals surface area contributed by atoms with Crippen LogP contribution in [-0.4, -0.2) is 35.2 Å². The molecule has 2 aromatic carbocycles. The number of alkyl halides is 3. The number of allylic oxidation sites excluding steroid dienone is 2. The van der Waals surface area contributed by atoms with Gasteiger partial charge in [0.05, 0.1) is 27.3 Å². The van der Waals surface area contributed by atoms with E-state index in [9.17, 15) is 31.9 Å². The first-order chi connectivity index (χ1) is 17.4. The quantitative estimate of drug-likeness (QED) is 0.235. The van der Waals surface area contributed by atoms with Gasteiger partial charge in [-0.15, -0.1) is 0 Å². The predicted molar refractivity (Wildman–Crippen MR) is 127 cm³/mol. The fourth-order valence-electron chi connectivity index (χ4n) is 4.68. The minimum atomic E-state index is -4.59.